The molecule has 0 amide bonds. The van der Waals surface area contributed by atoms with Crippen LogP contribution in [0.1, 0.15) is 234 Å². The third kappa shape index (κ3) is 16.3. The van der Waals surface area contributed by atoms with E-state index in [-0.39, 0.29) is 23.9 Å². The first-order chi connectivity index (χ1) is 23.2. The van der Waals surface area contributed by atoms with Crippen molar-refractivity contribution < 1.29 is 14.0 Å². The van der Waals surface area contributed by atoms with Gasteiger partial charge in [0.05, 0.1) is 16.8 Å². The van der Waals surface area contributed by atoms with Gasteiger partial charge in [-0.05, 0) is 64.5 Å². The van der Waals surface area contributed by atoms with Crippen LogP contribution in [-0.4, -0.2) is 24.9 Å². The Kier molecular flexibility index (Phi) is 23.3. The van der Waals surface area contributed by atoms with Crippen molar-refractivity contribution >= 4 is 23.2 Å². The quantitative estimate of drug-likeness (QED) is 0.0557. The number of thiophene rings is 1. The number of ether oxygens (including phenoxy) is 1. The van der Waals surface area contributed by atoms with Crippen LogP contribution in [0.15, 0.2) is 11.4 Å². The summed E-state index contributed by atoms with van der Waals surface area (Å²) in [5, 5.41) is 2.25. The van der Waals surface area contributed by atoms with Gasteiger partial charge in [-0.2, -0.15) is 11.3 Å². The molecule has 0 spiro atoms. The molecule has 1 aliphatic heterocycles. The summed E-state index contributed by atoms with van der Waals surface area (Å²) >= 11 is 1.79. The average Bonchev–Trinajstić information content (AvgIpc) is 3.63. The Morgan fingerprint density at radius 2 is 0.875 bits per heavy atom. The Labute approximate surface area is 305 Å². The first-order valence-electron chi connectivity index (χ1n) is 21.3. The van der Waals surface area contributed by atoms with Crippen LogP contribution in [0.25, 0.3) is 0 Å². The monoisotopic (exact) mass is 689 g/mol. The van der Waals surface area contributed by atoms with E-state index >= 15 is 0 Å². The summed E-state index contributed by atoms with van der Waals surface area (Å²) in [6, 6.07) is 2.34. The van der Waals surface area contributed by atoms with E-state index in [4.69, 9.17) is 14.0 Å². The van der Waals surface area contributed by atoms with Gasteiger partial charge in [0.1, 0.15) is 0 Å². The van der Waals surface area contributed by atoms with Gasteiger partial charge in [0.25, 0.3) is 0 Å². The molecule has 0 unspecified atom stereocenters. The topological polar surface area (TPSA) is 27.7 Å². The molecule has 0 saturated carbocycles. The highest BCUT2D eigenvalue weighted by Gasteiger charge is 2.53. The predicted molar refractivity (Wildman–Crippen MR) is 214 cm³/mol. The zero-order valence-electron chi connectivity index (χ0n) is 33.4. The summed E-state index contributed by atoms with van der Waals surface area (Å²) in [5.74, 6) is 0. The highest BCUT2D eigenvalue weighted by Crippen LogP contribution is 2.41. The second kappa shape index (κ2) is 25.6. The Morgan fingerprint density at radius 3 is 1.21 bits per heavy atom. The highest BCUT2D eigenvalue weighted by atomic mass is 32.1. The predicted octanol–water partition coefficient (Wildman–Crippen LogP) is 14.2. The molecule has 0 N–H and O–H groups in total. The molecule has 1 aromatic heterocycles. The Bertz CT molecular complexity index is 850. The van der Waals surface area contributed by atoms with E-state index in [2.05, 4.69) is 59.9 Å². The van der Waals surface area contributed by atoms with Crippen molar-refractivity contribution in [3.63, 3.8) is 0 Å². The van der Waals surface area contributed by atoms with Gasteiger partial charge >= 0.3 is 7.12 Å². The summed E-state index contributed by atoms with van der Waals surface area (Å²) in [4.78, 5) is 0. The highest BCUT2D eigenvalue weighted by molar-refractivity contribution is 7.21. The van der Waals surface area contributed by atoms with Crippen molar-refractivity contribution in [1.82, 2.24) is 0 Å². The minimum absolute atomic E-state index is 0.247. The van der Waals surface area contributed by atoms with Gasteiger partial charge < -0.3 is 14.0 Å². The SMILES string of the molecule is CCCCCCCCCCCCCCCC(CCCCCCCCCCCCCCC)(OCC)c1ccsc1B1OC(C)(C)C(C)(C)O1. The van der Waals surface area contributed by atoms with Gasteiger partial charge in [-0.3, -0.25) is 0 Å². The molecule has 0 aromatic carbocycles. The summed E-state index contributed by atoms with van der Waals surface area (Å²) in [6.07, 6.45) is 38.3. The van der Waals surface area contributed by atoms with E-state index in [9.17, 15) is 0 Å². The first-order valence-corrected chi connectivity index (χ1v) is 22.2. The Hall–Kier alpha value is -0.355. The molecule has 3 nitrogen and oxygen atoms in total. The van der Waals surface area contributed by atoms with Crippen LogP contribution in [0.5, 0.6) is 0 Å². The zero-order valence-corrected chi connectivity index (χ0v) is 34.2. The van der Waals surface area contributed by atoms with Gasteiger partial charge in [-0.1, -0.05) is 181 Å². The maximum Gasteiger partial charge on any atom is 0.505 e. The molecule has 1 aliphatic rings. The van der Waals surface area contributed by atoms with Gasteiger partial charge in [0, 0.05) is 11.4 Å². The summed E-state index contributed by atoms with van der Waals surface area (Å²) in [7, 11) is -0.317. The molecular weight excluding hydrogens is 607 g/mol. The number of hydrogen-bond acceptors (Lipinski definition) is 4. The number of rotatable bonds is 32. The second-order valence-corrected chi connectivity index (χ2v) is 17.1. The van der Waals surface area contributed by atoms with Crippen LogP contribution in [0.3, 0.4) is 0 Å². The lowest BCUT2D eigenvalue weighted by Gasteiger charge is -2.35. The second-order valence-electron chi connectivity index (χ2n) is 16.2. The lowest BCUT2D eigenvalue weighted by molar-refractivity contribution is -0.0599. The third-order valence-electron chi connectivity index (χ3n) is 11.4. The molecule has 0 bridgehead atoms. The fourth-order valence-corrected chi connectivity index (χ4v) is 8.52. The van der Waals surface area contributed by atoms with E-state index in [1.807, 2.05) is 0 Å². The van der Waals surface area contributed by atoms with E-state index < -0.39 is 0 Å². The van der Waals surface area contributed by atoms with Crippen molar-refractivity contribution in [3.05, 3.63) is 17.0 Å². The van der Waals surface area contributed by atoms with Crippen LogP contribution < -0.4 is 4.78 Å². The first kappa shape index (κ1) is 43.8. The van der Waals surface area contributed by atoms with Crippen molar-refractivity contribution in [2.75, 3.05) is 6.61 Å². The van der Waals surface area contributed by atoms with Gasteiger partial charge in [0.15, 0.2) is 0 Å². The largest absolute Gasteiger partial charge is 0.505 e. The maximum absolute atomic E-state index is 6.89. The van der Waals surface area contributed by atoms with Crippen LogP contribution in [-0.2, 0) is 19.6 Å². The molecule has 0 atom stereocenters. The van der Waals surface area contributed by atoms with E-state index in [0.29, 0.717) is 0 Å². The summed E-state index contributed by atoms with van der Waals surface area (Å²) < 4.78 is 21.3. The molecule has 1 aromatic rings. The van der Waals surface area contributed by atoms with Crippen molar-refractivity contribution in [1.29, 1.82) is 0 Å². The van der Waals surface area contributed by atoms with Crippen molar-refractivity contribution in [2.45, 2.75) is 245 Å². The van der Waals surface area contributed by atoms with Crippen LogP contribution in [0, 0.1) is 0 Å². The molecule has 0 radical (unpaired) electrons. The van der Waals surface area contributed by atoms with Gasteiger partial charge in [-0.25, -0.2) is 0 Å². The maximum atomic E-state index is 6.89. The Balaban J connectivity index is 1.88. The molecule has 280 valence electrons. The van der Waals surface area contributed by atoms with Gasteiger partial charge in [0.2, 0.25) is 0 Å². The van der Waals surface area contributed by atoms with Crippen LogP contribution in [0.4, 0.5) is 0 Å². The number of unbranched alkanes of at least 4 members (excludes halogenated alkanes) is 24. The lowest BCUT2D eigenvalue weighted by atomic mass is 9.75. The molecule has 2 heterocycles. The van der Waals surface area contributed by atoms with Gasteiger partial charge in [-0.15, -0.1) is 0 Å². The van der Waals surface area contributed by atoms with E-state index in [1.54, 1.807) is 11.3 Å². The Morgan fingerprint density at radius 1 is 0.542 bits per heavy atom. The average molecular weight is 689 g/mol. The number of hydrogen-bond donors (Lipinski definition) is 0. The summed E-state index contributed by atoms with van der Waals surface area (Å²) in [6.45, 7) is 16.2. The molecule has 1 saturated heterocycles. The molecule has 5 heteroatoms. The van der Waals surface area contributed by atoms with Crippen molar-refractivity contribution in [3.8, 4) is 0 Å². The summed E-state index contributed by atoms with van der Waals surface area (Å²) in [5.41, 5.74) is 0.420. The van der Waals surface area contributed by atoms with E-state index in [0.717, 1.165) is 19.4 Å². The minimum atomic E-state index is -0.336. The van der Waals surface area contributed by atoms with Crippen LogP contribution in [0.2, 0.25) is 0 Å². The van der Waals surface area contributed by atoms with Crippen molar-refractivity contribution in [2.24, 2.45) is 0 Å². The molecule has 0 aliphatic carbocycles. The standard InChI is InChI=1S/C43H81BO3S/c1-8-11-13-15-17-19-21-23-25-27-29-31-33-36-43(45-10-3,37-34-32-30-28-26-24-22-20-18-16-14-12-9-2)39-35-38-48-40(39)44-46-41(4,5)42(6,7)47-44/h35,38H,8-34,36-37H2,1-7H3. The smallest absolute Gasteiger partial charge is 0.399 e. The molecule has 1 fully saturated rings. The normalized spacial score (nSPS) is 15.9. The fourth-order valence-electron chi connectivity index (χ4n) is 7.58. The zero-order chi connectivity index (χ0) is 35.0. The third-order valence-corrected chi connectivity index (χ3v) is 12.4. The van der Waals surface area contributed by atoms with E-state index in [1.165, 1.54) is 177 Å². The molecule has 2 rings (SSSR count). The molecule has 48 heavy (non-hydrogen) atoms. The molecular formula is C43H81BO3S. The minimum Gasteiger partial charge on any atom is -0.399 e. The fraction of sp³-hybridized carbons (Fsp3) is 0.907. The van der Waals surface area contributed by atoms with Crippen LogP contribution >= 0.6 is 11.3 Å². The lowest BCUT2D eigenvalue weighted by Crippen LogP contribution is -2.41.